The summed E-state index contributed by atoms with van der Waals surface area (Å²) in [6.07, 6.45) is -18.8. The van der Waals surface area contributed by atoms with Gasteiger partial charge in [0.1, 0.15) is 91.6 Å². The molecule has 3 saturated carbocycles. The van der Waals surface area contributed by atoms with Crippen molar-refractivity contribution in [3.63, 3.8) is 0 Å². The monoisotopic (exact) mass is 1030 g/mol. The minimum atomic E-state index is -1.74. The Morgan fingerprint density at radius 2 is 1.25 bits per heavy atom. The third kappa shape index (κ3) is 9.90. The Balaban J connectivity index is 0.849. The van der Waals surface area contributed by atoms with Crippen molar-refractivity contribution in [1.82, 2.24) is 0 Å². The summed E-state index contributed by atoms with van der Waals surface area (Å²) in [6.45, 7) is 11.1. The van der Waals surface area contributed by atoms with Crippen LogP contribution in [-0.2, 0) is 42.6 Å². The zero-order chi connectivity index (χ0) is 51.9. The number of allylic oxidation sites excluding steroid dienone is 2. The number of hydrogen-bond donors (Lipinski definition) is 12. The van der Waals surface area contributed by atoms with Crippen LogP contribution in [0.1, 0.15) is 99.3 Å². The van der Waals surface area contributed by atoms with E-state index >= 15 is 0 Å². The molecule has 0 spiro atoms. The smallest absolute Gasteiger partial charge is 0.187 e. The largest absolute Gasteiger partial charge is 0.494 e. The van der Waals surface area contributed by atoms with Crippen molar-refractivity contribution in [3.05, 3.63) is 23.0 Å². The van der Waals surface area contributed by atoms with Gasteiger partial charge in [0.15, 0.2) is 25.2 Å². The number of aliphatic hydroxyl groups excluding tert-OH is 12. The third-order valence-electron chi connectivity index (χ3n) is 18.8. The molecule has 4 aliphatic carbocycles. The van der Waals surface area contributed by atoms with Gasteiger partial charge in [-0.25, -0.2) is 0 Å². The topological polar surface area (TPSA) is 326 Å². The Labute approximate surface area is 420 Å². The maximum Gasteiger partial charge on any atom is 0.187 e. The predicted octanol–water partition coefficient (Wildman–Crippen LogP) is -1.03. The molecule has 72 heavy (non-hydrogen) atoms. The van der Waals surface area contributed by atoms with Crippen molar-refractivity contribution in [2.75, 3.05) is 19.8 Å². The number of fused-ring (bicyclic) bond motifs is 7. The second kappa shape index (κ2) is 21.7. The first-order chi connectivity index (χ1) is 34.1. The molecule has 12 N–H and O–H groups in total. The van der Waals surface area contributed by atoms with Crippen molar-refractivity contribution >= 4 is 0 Å². The molecule has 0 aromatic carbocycles. The van der Waals surface area contributed by atoms with Gasteiger partial charge in [-0.2, -0.15) is 0 Å². The van der Waals surface area contributed by atoms with Crippen LogP contribution < -0.4 is 0 Å². The lowest BCUT2D eigenvalue weighted by Gasteiger charge is -2.58. The Morgan fingerprint density at radius 1 is 0.653 bits per heavy atom. The fourth-order valence-electron chi connectivity index (χ4n) is 14.5. The van der Waals surface area contributed by atoms with Gasteiger partial charge in [-0.1, -0.05) is 32.4 Å². The summed E-state index contributed by atoms with van der Waals surface area (Å²) in [6, 6.07) is 0. The van der Waals surface area contributed by atoms with Gasteiger partial charge < -0.3 is 104 Å². The lowest BCUT2D eigenvalue weighted by atomic mass is 9.47. The Kier molecular flexibility index (Phi) is 16.7. The molecule has 9 rings (SSSR count). The molecule has 21 heteroatoms. The minimum Gasteiger partial charge on any atom is -0.494 e. The summed E-state index contributed by atoms with van der Waals surface area (Å²) in [5.41, 5.74) is 2.59. The molecule has 0 amide bonds. The van der Waals surface area contributed by atoms with E-state index in [-0.39, 0.29) is 29.5 Å². The van der Waals surface area contributed by atoms with Gasteiger partial charge in [0, 0.05) is 12.3 Å². The molecule has 0 aromatic heterocycles. The first-order valence-electron chi connectivity index (χ1n) is 26.4. The van der Waals surface area contributed by atoms with Gasteiger partial charge in [-0.3, -0.25) is 0 Å². The summed E-state index contributed by atoms with van der Waals surface area (Å²) in [7, 11) is 0. The molecular formula is C51H82O21. The lowest BCUT2D eigenvalue weighted by Crippen LogP contribution is -2.66. The van der Waals surface area contributed by atoms with E-state index in [9.17, 15) is 61.3 Å². The molecular weight excluding hydrogens is 949 g/mol. The molecule has 0 aromatic rings. The van der Waals surface area contributed by atoms with E-state index in [1.54, 1.807) is 0 Å². The molecule has 29 atom stereocenters. The summed E-state index contributed by atoms with van der Waals surface area (Å²) in [5, 5.41) is 126. The summed E-state index contributed by atoms with van der Waals surface area (Å²) < 4.78 is 54.8. The molecule has 9 aliphatic rings. The van der Waals surface area contributed by atoms with E-state index in [0.717, 1.165) is 50.7 Å². The first kappa shape index (κ1) is 55.2. The van der Waals surface area contributed by atoms with Crippen molar-refractivity contribution in [2.45, 2.75) is 234 Å². The van der Waals surface area contributed by atoms with Crippen LogP contribution in [0.5, 0.6) is 0 Å². The van der Waals surface area contributed by atoms with Gasteiger partial charge in [0.05, 0.1) is 43.9 Å². The van der Waals surface area contributed by atoms with Crippen molar-refractivity contribution < 1.29 is 104 Å². The summed E-state index contributed by atoms with van der Waals surface area (Å²) in [5.74, 6) is 2.80. The quantitative estimate of drug-likeness (QED) is 0.0926. The van der Waals surface area contributed by atoms with E-state index in [0.29, 0.717) is 36.5 Å². The average Bonchev–Trinajstić information content (AvgIpc) is 3.85. The van der Waals surface area contributed by atoms with Crippen LogP contribution in [0.3, 0.4) is 0 Å². The fraction of sp³-hybridized carbons (Fsp3) is 0.922. The van der Waals surface area contributed by atoms with Crippen LogP contribution in [0, 0.1) is 40.4 Å². The highest BCUT2D eigenvalue weighted by Crippen LogP contribution is 2.69. The zero-order valence-corrected chi connectivity index (χ0v) is 42.2. The minimum absolute atomic E-state index is 0.0680. The molecule has 5 aliphatic heterocycles. The second-order valence-electron chi connectivity index (χ2n) is 23.2. The average molecular weight is 1030 g/mol. The summed E-state index contributed by atoms with van der Waals surface area (Å²) >= 11 is 0. The highest BCUT2D eigenvalue weighted by molar-refractivity contribution is 5.30. The molecule has 0 radical (unpaired) electrons. The number of ether oxygens (including phenoxy) is 9. The third-order valence-corrected chi connectivity index (χ3v) is 18.8. The van der Waals surface area contributed by atoms with E-state index < -0.39 is 142 Å². The van der Waals surface area contributed by atoms with Gasteiger partial charge in [-0.15, -0.1) is 0 Å². The fourth-order valence-corrected chi connectivity index (χ4v) is 14.5. The van der Waals surface area contributed by atoms with Gasteiger partial charge in [0.2, 0.25) is 0 Å². The van der Waals surface area contributed by atoms with Crippen LogP contribution in [0.4, 0.5) is 0 Å². The van der Waals surface area contributed by atoms with E-state index in [1.165, 1.54) is 25.0 Å². The molecule has 4 saturated heterocycles. The van der Waals surface area contributed by atoms with Crippen molar-refractivity contribution in [2.24, 2.45) is 40.4 Å². The molecule has 7 fully saturated rings. The Bertz CT molecular complexity index is 1920. The molecule has 21 nitrogen and oxygen atoms in total. The Hall–Kier alpha value is -1.52. The standard InChI is InChI=1S/C51H82O21/c1-20(19-64-46-40(60)39(59)36(56)31(17-52)69-46)7-10-29-21(2)33-30(68-29)16-28-26-9-8-24-15-25(11-13-50(24,5)27(26)12-14-51(28,33)6)67-49-45(72-48-42(62)38(58)35(55)23(4)66-48)43(63)44(32(18-53)70-49)71-47-41(61)37(57)34(54)22(3)65-47/h8,20,22-23,25-28,30-49,52-63H,7,9-19H2,1-6H3/t20-,22+,23+,25+,26-,27+,28+,30+,31-,32-,33+,34+,35+,36-,37-,38-,39+,40-,41-,42-,43+,44+,45-,46-,47+,48+,49-,50+,51+/m1/s1. The van der Waals surface area contributed by atoms with E-state index in [1.807, 2.05) is 6.92 Å². The van der Waals surface area contributed by atoms with Crippen molar-refractivity contribution in [3.8, 4) is 0 Å². The van der Waals surface area contributed by atoms with Crippen LogP contribution in [0.25, 0.3) is 0 Å². The summed E-state index contributed by atoms with van der Waals surface area (Å²) in [4.78, 5) is 0. The first-order valence-corrected chi connectivity index (χ1v) is 26.4. The zero-order valence-electron chi connectivity index (χ0n) is 42.2. The van der Waals surface area contributed by atoms with Gasteiger partial charge in [-0.05, 0) is 112 Å². The van der Waals surface area contributed by atoms with Gasteiger partial charge >= 0.3 is 0 Å². The van der Waals surface area contributed by atoms with E-state index in [2.05, 4.69) is 26.8 Å². The molecule has 0 bridgehead atoms. The maximum atomic E-state index is 12.0. The highest BCUT2D eigenvalue weighted by Gasteiger charge is 2.64. The highest BCUT2D eigenvalue weighted by atomic mass is 16.8. The van der Waals surface area contributed by atoms with Crippen LogP contribution in [0.15, 0.2) is 23.0 Å². The normalized spacial score (nSPS) is 52.9. The lowest BCUT2D eigenvalue weighted by molar-refractivity contribution is -0.388. The second-order valence-corrected chi connectivity index (χ2v) is 23.2. The van der Waals surface area contributed by atoms with Crippen LogP contribution in [-0.4, -0.2) is 216 Å². The maximum absolute atomic E-state index is 12.0. The molecule has 412 valence electrons. The van der Waals surface area contributed by atoms with Crippen molar-refractivity contribution in [1.29, 1.82) is 0 Å². The molecule has 0 unspecified atom stereocenters. The van der Waals surface area contributed by atoms with Gasteiger partial charge in [0.25, 0.3) is 0 Å². The number of aliphatic hydroxyl groups is 12. The Morgan fingerprint density at radius 3 is 1.89 bits per heavy atom. The van der Waals surface area contributed by atoms with Crippen LogP contribution in [0.2, 0.25) is 0 Å². The number of hydrogen-bond acceptors (Lipinski definition) is 21. The predicted molar refractivity (Wildman–Crippen MR) is 247 cm³/mol. The number of rotatable bonds is 14. The molecule has 5 heterocycles. The van der Waals surface area contributed by atoms with Crippen LogP contribution >= 0.6 is 0 Å². The SMILES string of the molecule is CC1=C(CC[C@@H](C)CO[C@@H]2O[C@H](CO)[C@@H](O)[C@H](O)[C@H]2O)O[C@H]2C[C@H]3[C@@H]4CC=C5C[C@@H](O[C@@H]6O[C@H](CO)[C@H](O[C@@H]7O[C@@H](C)[C@H](O)[C@@H](O)[C@H]7O)[C@H](O)[C@H]6O[C@@H]6O[C@@H](C)[C@H](O)[C@@H](O)[C@H]6O)CC[C@]5(C)[C@H]4CC[C@]3(C)[C@@H]12. The van der Waals surface area contributed by atoms with E-state index in [4.69, 9.17) is 42.6 Å².